The standard InChI is InChI=1S/3C2H5O.3H3N/c3*1-2-3;;;/h3*2H2,1H3;3*1H3/q3*-1;;;/p+3. The van der Waals surface area contributed by atoms with Gasteiger partial charge in [0.25, 0.3) is 0 Å². The van der Waals surface area contributed by atoms with Crippen molar-refractivity contribution in [3.8, 4) is 0 Å². The van der Waals surface area contributed by atoms with Gasteiger partial charge in [-0.2, -0.15) is 0 Å². The molecule has 0 aliphatic rings. The highest BCUT2D eigenvalue weighted by molar-refractivity contribution is 3.80. The summed E-state index contributed by atoms with van der Waals surface area (Å²) < 4.78 is 0. The molecule has 0 rings (SSSR count). The molecule has 84 valence electrons. The van der Waals surface area contributed by atoms with E-state index in [2.05, 4.69) is 0 Å². The topological polar surface area (TPSA) is 179 Å². The largest absolute Gasteiger partial charge is 0.855 e. The van der Waals surface area contributed by atoms with Crippen molar-refractivity contribution in [2.75, 3.05) is 19.8 Å². The summed E-state index contributed by atoms with van der Waals surface area (Å²) in [5, 5.41) is 26.8. The van der Waals surface area contributed by atoms with Crippen LogP contribution in [0.5, 0.6) is 0 Å². The van der Waals surface area contributed by atoms with Gasteiger partial charge >= 0.3 is 0 Å². The van der Waals surface area contributed by atoms with Crippen LogP contribution in [-0.2, 0) is 0 Å². The fourth-order valence-corrected chi connectivity index (χ4v) is 0. The summed E-state index contributed by atoms with van der Waals surface area (Å²) >= 11 is 0. The molecule has 0 saturated heterocycles. The van der Waals surface area contributed by atoms with Gasteiger partial charge in [-0.1, -0.05) is 20.8 Å². The number of quaternary nitrogens is 3. The van der Waals surface area contributed by atoms with Gasteiger partial charge in [-0.25, -0.2) is 0 Å². The van der Waals surface area contributed by atoms with Gasteiger partial charge in [0.2, 0.25) is 0 Å². The lowest BCUT2D eigenvalue weighted by Crippen LogP contribution is -1.97. The van der Waals surface area contributed by atoms with Crippen molar-refractivity contribution in [3.63, 3.8) is 0 Å². The molecule has 0 aromatic heterocycles. The molecule has 0 aliphatic carbocycles. The van der Waals surface area contributed by atoms with Gasteiger partial charge in [0.05, 0.1) is 0 Å². The number of rotatable bonds is 0. The van der Waals surface area contributed by atoms with E-state index >= 15 is 0 Å². The Hall–Kier alpha value is -0.240. The Labute approximate surface area is 75.4 Å². The first-order valence-corrected chi connectivity index (χ1v) is 2.99. The Kier molecular flexibility index (Phi) is 460. The van der Waals surface area contributed by atoms with Crippen LogP contribution in [-0.4, -0.2) is 19.8 Å². The first-order chi connectivity index (χ1) is 4.24. The van der Waals surface area contributed by atoms with Crippen molar-refractivity contribution < 1.29 is 15.3 Å². The average molecular weight is 189 g/mol. The Balaban J connectivity index is -0.00000001000. The van der Waals surface area contributed by atoms with Crippen LogP contribution in [0, 0.1) is 0 Å². The molecule has 0 fully saturated rings. The number of hydrogen-bond donors (Lipinski definition) is 3. The van der Waals surface area contributed by atoms with Crippen molar-refractivity contribution in [2.45, 2.75) is 20.8 Å². The molecule has 6 nitrogen and oxygen atoms in total. The predicted octanol–water partition coefficient (Wildman–Crippen LogP) is -0.772. The predicted molar refractivity (Wildman–Crippen MR) is 49.6 cm³/mol. The maximum absolute atomic E-state index is 8.93. The minimum Gasteiger partial charge on any atom is -0.855 e. The van der Waals surface area contributed by atoms with E-state index in [9.17, 15) is 0 Å². The molecule has 6 heteroatoms. The van der Waals surface area contributed by atoms with Crippen molar-refractivity contribution in [2.24, 2.45) is 0 Å². The van der Waals surface area contributed by atoms with Crippen LogP contribution < -0.4 is 33.8 Å². The van der Waals surface area contributed by atoms with Crippen LogP contribution in [0.1, 0.15) is 20.8 Å². The molecule has 12 heavy (non-hydrogen) atoms. The van der Waals surface area contributed by atoms with E-state index in [1.165, 1.54) is 0 Å². The van der Waals surface area contributed by atoms with Gasteiger partial charge < -0.3 is 33.8 Å². The summed E-state index contributed by atoms with van der Waals surface area (Å²) in [6.45, 7) is 4.71. The third-order valence-corrected chi connectivity index (χ3v) is 0. The Morgan fingerprint density at radius 2 is 0.583 bits per heavy atom. The SMILES string of the molecule is CC[O-].CC[O-].CC[O-].[NH4+].[NH4+].[NH4+]. The third kappa shape index (κ3) is 13000. The van der Waals surface area contributed by atoms with Crippen molar-refractivity contribution in [1.82, 2.24) is 18.5 Å². The first kappa shape index (κ1) is 41.0. The minimum absolute atomic E-state index is 0. The smallest absolute Gasteiger partial charge is 0.0809 e. The Morgan fingerprint density at radius 3 is 0.583 bits per heavy atom. The second kappa shape index (κ2) is 135. The molecule has 0 bridgehead atoms. The van der Waals surface area contributed by atoms with E-state index in [4.69, 9.17) is 15.3 Å². The van der Waals surface area contributed by atoms with Gasteiger partial charge in [-0.05, 0) is 0 Å². The highest BCUT2D eigenvalue weighted by Gasteiger charge is 1.17. The summed E-state index contributed by atoms with van der Waals surface area (Å²) in [4.78, 5) is 0. The molecule has 0 atom stereocenters. The van der Waals surface area contributed by atoms with Crippen LogP contribution >= 0.6 is 0 Å². The zero-order valence-electron chi connectivity index (χ0n) is 9.35. The van der Waals surface area contributed by atoms with Crippen molar-refractivity contribution >= 4 is 0 Å². The van der Waals surface area contributed by atoms with Crippen LogP contribution in [0.2, 0.25) is 0 Å². The van der Waals surface area contributed by atoms with E-state index in [0.29, 0.717) is 0 Å². The number of hydrogen-bond acceptors (Lipinski definition) is 3. The zero-order valence-corrected chi connectivity index (χ0v) is 9.35. The third-order valence-electron chi connectivity index (χ3n) is 0. The van der Waals surface area contributed by atoms with E-state index < -0.39 is 0 Å². The van der Waals surface area contributed by atoms with E-state index in [1.54, 1.807) is 20.8 Å². The summed E-state index contributed by atoms with van der Waals surface area (Å²) in [7, 11) is 0. The average Bonchev–Trinajstić information content (AvgIpc) is 1.70. The molecule has 0 heterocycles. The van der Waals surface area contributed by atoms with Crippen molar-refractivity contribution in [1.29, 1.82) is 0 Å². The van der Waals surface area contributed by atoms with E-state index in [1.807, 2.05) is 0 Å². The van der Waals surface area contributed by atoms with Crippen LogP contribution in [0.25, 0.3) is 0 Å². The Bertz CT molecular complexity index is 22.8. The molecular formula is C6H27N3O3. The molecule has 0 aliphatic heterocycles. The molecule has 0 aromatic carbocycles. The molecule has 0 unspecified atom stereocenters. The maximum Gasteiger partial charge on any atom is -0.0809 e. The van der Waals surface area contributed by atoms with Crippen LogP contribution in [0.4, 0.5) is 0 Å². The summed E-state index contributed by atoms with van der Waals surface area (Å²) in [5.74, 6) is 0. The maximum atomic E-state index is 8.93. The molecule has 0 aromatic rings. The lowest BCUT2D eigenvalue weighted by molar-refractivity contribution is -0.362. The molecule has 0 radical (unpaired) electrons. The van der Waals surface area contributed by atoms with Gasteiger partial charge in [0.15, 0.2) is 0 Å². The fraction of sp³-hybridized carbons (Fsp3) is 1.00. The second-order valence-corrected chi connectivity index (χ2v) is 0.866. The molecule has 0 amide bonds. The minimum atomic E-state index is 0. The van der Waals surface area contributed by atoms with Gasteiger partial charge in [0.1, 0.15) is 0 Å². The van der Waals surface area contributed by atoms with Gasteiger partial charge in [-0.15, -0.1) is 19.8 Å². The van der Waals surface area contributed by atoms with Gasteiger partial charge in [-0.3, -0.25) is 0 Å². The summed E-state index contributed by atoms with van der Waals surface area (Å²) in [6.07, 6.45) is 0. The quantitative estimate of drug-likeness (QED) is 0.453. The summed E-state index contributed by atoms with van der Waals surface area (Å²) in [6, 6.07) is 0. The van der Waals surface area contributed by atoms with Crippen LogP contribution in [0.3, 0.4) is 0 Å². The monoisotopic (exact) mass is 189 g/mol. The van der Waals surface area contributed by atoms with Crippen LogP contribution in [0.15, 0.2) is 0 Å². The molecule has 0 saturated carbocycles. The zero-order chi connectivity index (χ0) is 8.12. The van der Waals surface area contributed by atoms with Crippen molar-refractivity contribution in [3.05, 3.63) is 0 Å². The molecular weight excluding hydrogens is 162 g/mol. The normalized spacial score (nSPS) is 4.50. The summed E-state index contributed by atoms with van der Waals surface area (Å²) in [5.41, 5.74) is 0. The lowest BCUT2D eigenvalue weighted by atomic mass is 10.9. The van der Waals surface area contributed by atoms with E-state index in [0.717, 1.165) is 0 Å². The Morgan fingerprint density at radius 1 is 0.583 bits per heavy atom. The molecule has 0 spiro atoms. The van der Waals surface area contributed by atoms with E-state index in [-0.39, 0.29) is 38.3 Å². The fourth-order valence-electron chi connectivity index (χ4n) is 0. The second-order valence-electron chi connectivity index (χ2n) is 0.866. The molecule has 12 N–H and O–H groups in total. The highest BCUT2D eigenvalue weighted by atomic mass is 16.3. The highest BCUT2D eigenvalue weighted by Crippen LogP contribution is 1.19. The lowest BCUT2D eigenvalue weighted by Gasteiger charge is -1.79. The first-order valence-electron chi connectivity index (χ1n) is 2.99. The van der Waals surface area contributed by atoms with Gasteiger partial charge in [0, 0.05) is 0 Å².